The van der Waals surface area contributed by atoms with Crippen LogP contribution in [-0.2, 0) is 9.53 Å². The third-order valence-electron chi connectivity index (χ3n) is 1.84. The van der Waals surface area contributed by atoms with Gasteiger partial charge < -0.3 is 20.3 Å². The molecular formula is C9H13N3O4. The van der Waals surface area contributed by atoms with Crippen molar-refractivity contribution < 1.29 is 18.8 Å². The standard InChI is InChI=1S/C9H13N3O4/c1-5-3-6(12-16-5)9(14)11-7(4-15-2)8(10)13/h3,7H,4H2,1-2H3,(H2,10,13)(H,11,14). The highest BCUT2D eigenvalue weighted by Crippen LogP contribution is 2.01. The number of nitrogens with zero attached hydrogens (tertiary/aromatic N) is 1. The molecule has 0 radical (unpaired) electrons. The SMILES string of the molecule is COCC(NC(=O)c1cc(C)on1)C(N)=O. The maximum atomic E-state index is 11.6. The van der Waals surface area contributed by atoms with Gasteiger partial charge in [-0.15, -0.1) is 0 Å². The Bertz CT molecular complexity index is 388. The predicted octanol–water partition coefficient (Wildman–Crippen LogP) is -0.787. The quantitative estimate of drug-likeness (QED) is 0.685. The Labute approximate surface area is 91.9 Å². The van der Waals surface area contributed by atoms with Crippen LogP contribution in [0, 0.1) is 6.92 Å². The first-order valence-electron chi connectivity index (χ1n) is 4.57. The van der Waals surface area contributed by atoms with Crippen molar-refractivity contribution in [2.45, 2.75) is 13.0 Å². The zero-order chi connectivity index (χ0) is 12.1. The molecule has 7 heteroatoms. The number of carbonyl (C=O) groups is 2. The van der Waals surface area contributed by atoms with E-state index in [0.29, 0.717) is 5.76 Å². The first kappa shape index (κ1) is 12.2. The van der Waals surface area contributed by atoms with E-state index >= 15 is 0 Å². The first-order chi connectivity index (χ1) is 7.54. The molecule has 1 heterocycles. The van der Waals surface area contributed by atoms with Gasteiger partial charge in [-0.25, -0.2) is 0 Å². The highest BCUT2D eigenvalue weighted by Gasteiger charge is 2.20. The molecule has 1 aromatic heterocycles. The van der Waals surface area contributed by atoms with Gasteiger partial charge in [-0.3, -0.25) is 9.59 Å². The highest BCUT2D eigenvalue weighted by molar-refractivity contribution is 5.95. The van der Waals surface area contributed by atoms with Crippen LogP contribution in [0.5, 0.6) is 0 Å². The number of methoxy groups -OCH3 is 1. The Balaban J connectivity index is 2.65. The molecule has 1 aromatic rings. The smallest absolute Gasteiger partial charge is 0.274 e. The fraction of sp³-hybridized carbons (Fsp3) is 0.444. The molecule has 3 N–H and O–H groups in total. The van der Waals surface area contributed by atoms with Gasteiger partial charge in [0.15, 0.2) is 5.69 Å². The zero-order valence-corrected chi connectivity index (χ0v) is 9.02. The fourth-order valence-electron chi connectivity index (χ4n) is 1.07. The monoisotopic (exact) mass is 227 g/mol. The third kappa shape index (κ3) is 3.06. The number of aromatic nitrogens is 1. The van der Waals surface area contributed by atoms with Gasteiger partial charge in [0.2, 0.25) is 5.91 Å². The molecule has 16 heavy (non-hydrogen) atoms. The van der Waals surface area contributed by atoms with Crippen molar-refractivity contribution in [3.05, 3.63) is 17.5 Å². The van der Waals surface area contributed by atoms with Gasteiger partial charge in [0.1, 0.15) is 11.8 Å². The van der Waals surface area contributed by atoms with Crippen molar-refractivity contribution in [3.8, 4) is 0 Å². The van der Waals surface area contributed by atoms with E-state index in [1.54, 1.807) is 6.92 Å². The molecule has 0 aliphatic rings. The average molecular weight is 227 g/mol. The van der Waals surface area contributed by atoms with Crippen LogP contribution in [0.3, 0.4) is 0 Å². The molecule has 1 unspecified atom stereocenters. The summed E-state index contributed by atoms with van der Waals surface area (Å²) in [5.41, 5.74) is 5.17. The van der Waals surface area contributed by atoms with E-state index < -0.39 is 17.9 Å². The van der Waals surface area contributed by atoms with Gasteiger partial charge in [-0.2, -0.15) is 0 Å². The van der Waals surface area contributed by atoms with Crippen LogP contribution in [0.4, 0.5) is 0 Å². The fourth-order valence-corrected chi connectivity index (χ4v) is 1.07. The number of nitrogens with one attached hydrogen (secondary N) is 1. The molecule has 0 fully saturated rings. The molecule has 0 spiro atoms. The molecule has 7 nitrogen and oxygen atoms in total. The molecule has 0 saturated heterocycles. The summed E-state index contributed by atoms with van der Waals surface area (Å²) in [7, 11) is 1.41. The van der Waals surface area contributed by atoms with Gasteiger partial charge >= 0.3 is 0 Å². The van der Waals surface area contributed by atoms with E-state index in [4.69, 9.17) is 15.0 Å². The number of aryl methyl sites for hydroxylation is 1. The van der Waals surface area contributed by atoms with E-state index in [-0.39, 0.29) is 12.3 Å². The summed E-state index contributed by atoms with van der Waals surface area (Å²) in [6.45, 7) is 1.67. The lowest BCUT2D eigenvalue weighted by Gasteiger charge is -2.12. The minimum Gasteiger partial charge on any atom is -0.382 e. The molecule has 0 saturated carbocycles. The van der Waals surface area contributed by atoms with E-state index in [9.17, 15) is 9.59 Å². The topological polar surface area (TPSA) is 107 Å². The van der Waals surface area contributed by atoms with Crippen LogP contribution in [0.25, 0.3) is 0 Å². The molecular weight excluding hydrogens is 214 g/mol. The van der Waals surface area contributed by atoms with Crippen LogP contribution in [0.1, 0.15) is 16.2 Å². The Morgan fingerprint density at radius 1 is 1.69 bits per heavy atom. The second-order valence-electron chi connectivity index (χ2n) is 3.21. The number of carbonyl (C=O) groups excluding carboxylic acids is 2. The number of hydrogen-bond donors (Lipinski definition) is 2. The second kappa shape index (κ2) is 5.26. The van der Waals surface area contributed by atoms with Crippen molar-refractivity contribution in [1.82, 2.24) is 10.5 Å². The van der Waals surface area contributed by atoms with Gasteiger partial charge in [0.05, 0.1) is 6.61 Å². The molecule has 2 amide bonds. The molecule has 88 valence electrons. The highest BCUT2D eigenvalue weighted by atomic mass is 16.5. The van der Waals surface area contributed by atoms with Crippen LogP contribution >= 0.6 is 0 Å². The largest absolute Gasteiger partial charge is 0.382 e. The molecule has 1 atom stereocenters. The van der Waals surface area contributed by atoms with Crippen molar-refractivity contribution in [1.29, 1.82) is 0 Å². The van der Waals surface area contributed by atoms with Crippen molar-refractivity contribution in [2.24, 2.45) is 5.73 Å². The average Bonchev–Trinajstić information content (AvgIpc) is 2.64. The van der Waals surface area contributed by atoms with E-state index in [1.165, 1.54) is 13.2 Å². The Morgan fingerprint density at radius 2 is 2.38 bits per heavy atom. The lowest BCUT2D eigenvalue weighted by atomic mass is 10.2. The Morgan fingerprint density at radius 3 is 2.81 bits per heavy atom. The Kier molecular flexibility index (Phi) is 4.01. The molecule has 0 bridgehead atoms. The number of ether oxygens (including phenoxy) is 1. The summed E-state index contributed by atoms with van der Waals surface area (Å²) in [4.78, 5) is 22.5. The summed E-state index contributed by atoms with van der Waals surface area (Å²) >= 11 is 0. The van der Waals surface area contributed by atoms with Crippen molar-refractivity contribution >= 4 is 11.8 Å². The first-order valence-corrected chi connectivity index (χ1v) is 4.57. The summed E-state index contributed by atoms with van der Waals surface area (Å²) in [5.74, 6) is -0.694. The summed E-state index contributed by atoms with van der Waals surface area (Å²) in [6.07, 6.45) is 0. The van der Waals surface area contributed by atoms with E-state index in [1.807, 2.05) is 0 Å². The third-order valence-corrected chi connectivity index (χ3v) is 1.84. The lowest BCUT2D eigenvalue weighted by Crippen LogP contribution is -2.47. The number of rotatable bonds is 5. The maximum absolute atomic E-state index is 11.6. The van der Waals surface area contributed by atoms with E-state index in [2.05, 4.69) is 10.5 Å². The Hall–Kier alpha value is -1.89. The van der Waals surface area contributed by atoms with Crippen LogP contribution in [0.15, 0.2) is 10.6 Å². The van der Waals surface area contributed by atoms with Crippen molar-refractivity contribution in [3.63, 3.8) is 0 Å². The zero-order valence-electron chi connectivity index (χ0n) is 9.02. The van der Waals surface area contributed by atoms with Gasteiger partial charge in [0.25, 0.3) is 5.91 Å². The molecule has 0 aromatic carbocycles. The van der Waals surface area contributed by atoms with Crippen molar-refractivity contribution in [2.75, 3.05) is 13.7 Å². The van der Waals surface area contributed by atoms with Crippen LogP contribution in [0.2, 0.25) is 0 Å². The van der Waals surface area contributed by atoms with Gasteiger partial charge in [-0.1, -0.05) is 5.16 Å². The van der Waals surface area contributed by atoms with Crippen LogP contribution in [-0.4, -0.2) is 36.7 Å². The number of amides is 2. The molecule has 1 rings (SSSR count). The number of nitrogens with two attached hydrogens (primary N) is 1. The lowest BCUT2D eigenvalue weighted by molar-refractivity contribution is -0.121. The maximum Gasteiger partial charge on any atom is 0.274 e. The minimum absolute atomic E-state index is 0.0118. The normalized spacial score (nSPS) is 12.1. The summed E-state index contributed by atoms with van der Waals surface area (Å²) < 4.78 is 9.48. The minimum atomic E-state index is -0.880. The van der Waals surface area contributed by atoms with E-state index in [0.717, 1.165) is 0 Å². The summed E-state index contributed by atoms with van der Waals surface area (Å²) in [6, 6.07) is 0.578. The number of hydrogen-bond acceptors (Lipinski definition) is 5. The molecule has 0 aliphatic heterocycles. The second-order valence-corrected chi connectivity index (χ2v) is 3.21. The molecule has 0 aliphatic carbocycles. The van der Waals surface area contributed by atoms with Gasteiger partial charge in [0, 0.05) is 13.2 Å². The number of primary amides is 1. The van der Waals surface area contributed by atoms with Crippen LogP contribution < -0.4 is 11.1 Å². The summed E-state index contributed by atoms with van der Waals surface area (Å²) in [5, 5.41) is 5.89. The predicted molar refractivity (Wildman–Crippen MR) is 53.6 cm³/mol. The van der Waals surface area contributed by atoms with Gasteiger partial charge in [-0.05, 0) is 6.92 Å².